The van der Waals surface area contributed by atoms with Crippen LogP contribution >= 0.6 is 0 Å². The molecule has 4 heteroatoms. The molecular formula is C18H15N3O. The lowest BCUT2D eigenvalue weighted by Crippen LogP contribution is -1.84. The molecule has 0 amide bonds. The molecule has 22 heavy (non-hydrogen) atoms. The SMILES string of the molecule is COc1ccc(-c2cn3[nH]c(-c4ccccc4)cc3n2)cc1. The van der Waals surface area contributed by atoms with Crippen LogP contribution in [0.25, 0.3) is 28.2 Å². The van der Waals surface area contributed by atoms with Crippen molar-refractivity contribution in [2.45, 2.75) is 0 Å². The molecule has 0 aliphatic rings. The number of hydrogen-bond donors (Lipinski definition) is 1. The van der Waals surface area contributed by atoms with Crippen LogP contribution in [0.4, 0.5) is 0 Å². The van der Waals surface area contributed by atoms with Crippen molar-refractivity contribution >= 4 is 5.65 Å². The number of rotatable bonds is 3. The number of nitrogens with zero attached hydrogens (tertiary/aromatic N) is 2. The number of nitrogens with one attached hydrogen (secondary N) is 1. The average molecular weight is 289 g/mol. The van der Waals surface area contributed by atoms with Crippen molar-refractivity contribution in [3.8, 4) is 28.3 Å². The molecule has 0 unspecified atom stereocenters. The highest BCUT2D eigenvalue weighted by atomic mass is 16.5. The Hall–Kier alpha value is -3.01. The lowest BCUT2D eigenvalue weighted by Gasteiger charge is -2.00. The molecule has 0 bridgehead atoms. The van der Waals surface area contributed by atoms with Crippen LogP contribution in [0, 0.1) is 0 Å². The van der Waals surface area contributed by atoms with Gasteiger partial charge in [-0.2, -0.15) is 0 Å². The van der Waals surface area contributed by atoms with E-state index in [1.807, 2.05) is 53.2 Å². The predicted molar refractivity (Wildman–Crippen MR) is 87.0 cm³/mol. The number of methoxy groups -OCH3 is 1. The highest BCUT2D eigenvalue weighted by Crippen LogP contribution is 2.24. The summed E-state index contributed by atoms with van der Waals surface area (Å²) in [5, 5.41) is 3.35. The third-order valence-corrected chi connectivity index (χ3v) is 3.72. The fourth-order valence-corrected chi connectivity index (χ4v) is 2.54. The van der Waals surface area contributed by atoms with Crippen molar-refractivity contribution in [2.75, 3.05) is 7.11 Å². The summed E-state index contributed by atoms with van der Waals surface area (Å²) < 4.78 is 7.13. The van der Waals surface area contributed by atoms with Gasteiger partial charge in [0.15, 0.2) is 5.65 Å². The molecule has 0 saturated carbocycles. The van der Waals surface area contributed by atoms with Crippen molar-refractivity contribution in [1.29, 1.82) is 0 Å². The standard InChI is InChI=1S/C18H15N3O/c1-22-15-9-7-14(8-10-15)17-12-21-18(19-17)11-16(20-21)13-5-3-2-4-6-13/h2-12,20H,1H3. The van der Waals surface area contributed by atoms with Gasteiger partial charge in [0.2, 0.25) is 0 Å². The predicted octanol–water partition coefficient (Wildman–Crippen LogP) is 4.01. The third kappa shape index (κ3) is 2.15. The van der Waals surface area contributed by atoms with Gasteiger partial charge in [0.05, 0.1) is 24.7 Å². The first kappa shape index (κ1) is 12.7. The number of aromatic nitrogens is 3. The molecule has 0 aliphatic carbocycles. The fourth-order valence-electron chi connectivity index (χ4n) is 2.54. The second kappa shape index (κ2) is 5.07. The highest BCUT2D eigenvalue weighted by molar-refractivity contribution is 5.68. The zero-order valence-corrected chi connectivity index (χ0v) is 12.2. The van der Waals surface area contributed by atoms with Gasteiger partial charge in [0.1, 0.15) is 5.75 Å². The molecule has 2 aromatic carbocycles. The Morgan fingerprint density at radius 1 is 0.955 bits per heavy atom. The van der Waals surface area contributed by atoms with Crippen LogP contribution in [0.2, 0.25) is 0 Å². The van der Waals surface area contributed by atoms with E-state index in [2.05, 4.69) is 28.3 Å². The first-order valence-corrected chi connectivity index (χ1v) is 7.11. The lowest BCUT2D eigenvalue weighted by atomic mass is 10.1. The summed E-state index contributed by atoms with van der Waals surface area (Å²) in [7, 11) is 1.67. The van der Waals surface area contributed by atoms with Gasteiger partial charge in [0.25, 0.3) is 0 Å². The average Bonchev–Trinajstić information content (AvgIpc) is 3.15. The Balaban J connectivity index is 1.71. The minimum atomic E-state index is 0.847. The smallest absolute Gasteiger partial charge is 0.154 e. The van der Waals surface area contributed by atoms with Gasteiger partial charge in [-0.05, 0) is 29.8 Å². The van der Waals surface area contributed by atoms with Crippen molar-refractivity contribution in [3.63, 3.8) is 0 Å². The second-order valence-corrected chi connectivity index (χ2v) is 5.12. The maximum atomic E-state index is 5.18. The van der Waals surface area contributed by atoms with E-state index in [0.717, 1.165) is 33.9 Å². The molecule has 0 atom stereocenters. The number of ether oxygens (including phenoxy) is 1. The molecule has 0 fully saturated rings. The molecular weight excluding hydrogens is 274 g/mol. The summed E-state index contributed by atoms with van der Waals surface area (Å²) in [5.74, 6) is 0.847. The van der Waals surface area contributed by atoms with Gasteiger partial charge in [-0.25, -0.2) is 9.50 Å². The molecule has 0 radical (unpaired) electrons. The van der Waals surface area contributed by atoms with E-state index < -0.39 is 0 Å². The molecule has 2 heterocycles. The van der Waals surface area contributed by atoms with E-state index in [9.17, 15) is 0 Å². The summed E-state index contributed by atoms with van der Waals surface area (Å²) in [4.78, 5) is 4.68. The van der Waals surface area contributed by atoms with Crippen LogP contribution in [0.1, 0.15) is 0 Å². The first-order chi connectivity index (χ1) is 10.8. The molecule has 4 aromatic rings. The number of imidazole rings is 1. The Labute approximate surface area is 128 Å². The Morgan fingerprint density at radius 3 is 2.41 bits per heavy atom. The van der Waals surface area contributed by atoms with Gasteiger partial charge < -0.3 is 4.74 Å². The monoisotopic (exact) mass is 289 g/mol. The van der Waals surface area contributed by atoms with Gasteiger partial charge in [-0.3, -0.25) is 5.10 Å². The second-order valence-electron chi connectivity index (χ2n) is 5.12. The minimum Gasteiger partial charge on any atom is -0.497 e. The molecule has 0 aliphatic heterocycles. The zero-order valence-electron chi connectivity index (χ0n) is 12.2. The van der Waals surface area contributed by atoms with E-state index in [0.29, 0.717) is 0 Å². The summed E-state index contributed by atoms with van der Waals surface area (Å²) in [6.45, 7) is 0. The normalized spacial score (nSPS) is 11.0. The van der Waals surface area contributed by atoms with E-state index in [-0.39, 0.29) is 0 Å². The minimum absolute atomic E-state index is 0.847. The number of aromatic amines is 1. The molecule has 4 nitrogen and oxygen atoms in total. The number of fused-ring (bicyclic) bond motifs is 1. The van der Waals surface area contributed by atoms with E-state index >= 15 is 0 Å². The number of benzene rings is 2. The van der Waals surface area contributed by atoms with Crippen molar-refractivity contribution in [1.82, 2.24) is 14.6 Å². The zero-order chi connectivity index (χ0) is 14.9. The maximum Gasteiger partial charge on any atom is 0.154 e. The summed E-state index contributed by atoms with van der Waals surface area (Å²) >= 11 is 0. The van der Waals surface area contributed by atoms with Gasteiger partial charge in [-0.15, -0.1) is 0 Å². The molecule has 1 N–H and O–H groups in total. The van der Waals surface area contributed by atoms with E-state index in [1.165, 1.54) is 0 Å². The summed E-state index contributed by atoms with van der Waals surface area (Å²) in [5.41, 5.74) is 5.13. The fraction of sp³-hybridized carbons (Fsp3) is 0.0556. The van der Waals surface area contributed by atoms with Gasteiger partial charge >= 0.3 is 0 Å². The van der Waals surface area contributed by atoms with Crippen LogP contribution in [0.3, 0.4) is 0 Å². The maximum absolute atomic E-state index is 5.18. The van der Waals surface area contributed by atoms with Crippen LogP contribution in [-0.4, -0.2) is 21.7 Å². The van der Waals surface area contributed by atoms with Gasteiger partial charge in [0, 0.05) is 11.6 Å². The lowest BCUT2D eigenvalue weighted by molar-refractivity contribution is 0.415. The Morgan fingerprint density at radius 2 is 1.73 bits per heavy atom. The highest BCUT2D eigenvalue weighted by Gasteiger charge is 2.08. The van der Waals surface area contributed by atoms with E-state index in [4.69, 9.17) is 4.74 Å². The van der Waals surface area contributed by atoms with Crippen LogP contribution < -0.4 is 4.74 Å². The molecule has 4 rings (SSSR count). The Bertz CT molecular complexity index is 873. The first-order valence-electron chi connectivity index (χ1n) is 7.11. The number of H-pyrrole nitrogens is 1. The molecule has 2 aromatic heterocycles. The summed E-state index contributed by atoms with van der Waals surface area (Å²) in [6.07, 6.45) is 2.00. The molecule has 108 valence electrons. The largest absolute Gasteiger partial charge is 0.497 e. The molecule has 0 saturated heterocycles. The Kier molecular flexibility index (Phi) is 2.93. The van der Waals surface area contributed by atoms with Crippen LogP contribution in [-0.2, 0) is 0 Å². The van der Waals surface area contributed by atoms with Crippen molar-refractivity contribution in [3.05, 3.63) is 66.9 Å². The quantitative estimate of drug-likeness (QED) is 0.619. The molecule has 0 spiro atoms. The van der Waals surface area contributed by atoms with E-state index in [1.54, 1.807) is 7.11 Å². The topological polar surface area (TPSA) is 42.3 Å². The van der Waals surface area contributed by atoms with Gasteiger partial charge in [-0.1, -0.05) is 30.3 Å². The van der Waals surface area contributed by atoms with Crippen molar-refractivity contribution < 1.29 is 4.74 Å². The number of hydrogen-bond acceptors (Lipinski definition) is 2. The third-order valence-electron chi connectivity index (χ3n) is 3.72. The van der Waals surface area contributed by atoms with Crippen molar-refractivity contribution in [2.24, 2.45) is 0 Å². The van der Waals surface area contributed by atoms with Crippen LogP contribution in [0.5, 0.6) is 5.75 Å². The summed E-state index contributed by atoms with van der Waals surface area (Å²) in [6, 6.07) is 20.2. The van der Waals surface area contributed by atoms with Crippen LogP contribution in [0.15, 0.2) is 66.9 Å².